The molecule has 1 aromatic carbocycles. The summed E-state index contributed by atoms with van der Waals surface area (Å²) in [7, 11) is 0. The standard InChI is InChI=1S/C32H55N3O2/c1-2-3-4-5-6-7-8-9-10-11-12-13-14-21-26-35(29-24-19-16-20-25-29)34-32(37)31(36)30(33)27-28-22-17-15-18-23-28/h5-6,16,19-20,24-25,28,30-31,36H,2-4,7-15,17-18,21-23,26-27,33H2,1H3,(H,34,37)/t30-,31?/m1/s1. The fourth-order valence-corrected chi connectivity index (χ4v) is 5.34. The van der Waals surface area contributed by atoms with Crippen molar-refractivity contribution < 1.29 is 9.90 Å². The van der Waals surface area contributed by atoms with Crippen molar-refractivity contribution >= 4 is 11.6 Å². The number of aliphatic hydroxyl groups excluding tert-OH is 1. The van der Waals surface area contributed by atoms with Crippen LogP contribution in [0.2, 0.25) is 0 Å². The molecule has 0 saturated heterocycles. The first-order chi connectivity index (χ1) is 18.1. The van der Waals surface area contributed by atoms with E-state index in [4.69, 9.17) is 5.73 Å². The van der Waals surface area contributed by atoms with Crippen molar-refractivity contribution in [3.05, 3.63) is 42.5 Å². The third-order valence-corrected chi connectivity index (χ3v) is 7.71. The van der Waals surface area contributed by atoms with E-state index in [0.29, 0.717) is 5.92 Å². The smallest absolute Gasteiger partial charge is 0.268 e. The Morgan fingerprint density at radius 2 is 1.54 bits per heavy atom. The molecule has 0 aliphatic heterocycles. The van der Waals surface area contributed by atoms with Gasteiger partial charge in [0.15, 0.2) is 0 Å². The Labute approximate surface area is 227 Å². The summed E-state index contributed by atoms with van der Waals surface area (Å²) in [4.78, 5) is 12.9. The quantitative estimate of drug-likeness (QED) is 0.0961. The number of hydrogen-bond donors (Lipinski definition) is 3. The van der Waals surface area contributed by atoms with Crippen LogP contribution in [-0.4, -0.2) is 29.7 Å². The topological polar surface area (TPSA) is 78.6 Å². The lowest BCUT2D eigenvalue weighted by Crippen LogP contribution is -2.53. The molecular formula is C32H55N3O2. The van der Waals surface area contributed by atoms with E-state index < -0.39 is 18.1 Å². The van der Waals surface area contributed by atoms with E-state index in [1.165, 1.54) is 83.5 Å². The lowest BCUT2D eigenvalue weighted by Gasteiger charge is -2.30. The first-order valence-corrected chi connectivity index (χ1v) is 15.3. The number of hydrazine groups is 1. The summed E-state index contributed by atoms with van der Waals surface area (Å²) in [6.07, 6.45) is 25.3. The maximum absolute atomic E-state index is 12.9. The number of rotatable bonds is 20. The molecule has 210 valence electrons. The van der Waals surface area contributed by atoms with Crippen molar-refractivity contribution in [3.8, 4) is 0 Å². The van der Waals surface area contributed by atoms with E-state index in [2.05, 4.69) is 24.5 Å². The number of carbonyl (C=O) groups excluding carboxylic acids is 1. The van der Waals surface area contributed by atoms with Crippen molar-refractivity contribution in [2.45, 2.75) is 135 Å². The normalized spacial score (nSPS) is 16.1. The van der Waals surface area contributed by atoms with Crippen LogP contribution in [0.3, 0.4) is 0 Å². The molecule has 1 fully saturated rings. The highest BCUT2D eigenvalue weighted by Gasteiger charge is 2.27. The Balaban J connectivity index is 1.64. The van der Waals surface area contributed by atoms with Gasteiger partial charge < -0.3 is 10.8 Å². The van der Waals surface area contributed by atoms with Gasteiger partial charge in [-0.1, -0.05) is 121 Å². The molecule has 5 nitrogen and oxygen atoms in total. The number of nitrogens with zero attached hydrogens (tertiary/aromatic N) is 1. The SMILES string of the molecule is CCCCC=CCCCCCCCCCCN(NC(=O)C(O)[C@H](N)CC1CCCCC1)c1ccccc1. The number of aliphatic hydroxyl groups is 1. The minimum absolute atomic E-state index is 0.396. The molecule has 1 aromatic rings. The zero-order valence-corrected chi connectivity index (χ0v) is 23.6. The van der Waals surface area contributed by atoms with Crippen molar-refractivity contribution in [1.82, 2.24) is 5.43 Å². The maximum Gasteiger partial charge on any atom is 0.268 e. The van der Waals surface area contributed by atoms with Crippen LogP contribution in [0, 0.1) is 5.92 Å². The number of amides is 1. The second-order valence-electron chi connectivity index (χ2n) is 11.0. The van der Waals surface area contributed by atoms with E-state index in [0.717, 1.165) is 44.3 Å². The van der Waals surface area contributed by atoms with Crippen LogP contribution < -0.4 is 16.2 Å². The van der Waals surface area contributed by atoms with Gasteiger partial charge in [0.05, 0.1) is 5.69 Å². The fraction of sp³-hybridized carbons (Fsp3) is 0.719. The van der Waals surface area contributed by atoms with E-state index >= 15 is 0 Å². The van der Waals surface area contributed by atoms with Crippen LogP contribution in [0.4, 0.5) is 5.69 Å². The molecule has 0 bridgehead atoms. The van der Waals surface area contributed by atoms with Gasteiger partial charge in [0.1, 0.15) is 6.10 Å². The van der Waals surface area contributed by atoms with Gasteiger partial charge >= 0.3 is 0 Å². The van der Waals surface area contributed by atoms with Crippen molar-refractivity contribution in [2.75, 3.05) is 11.6 Å². The van der Waals surface area contributed by atoms with Crippen molar-refractivity contribution in [3.63, 3.8) is 0 Å². The number of carbonyl (C=O) groups is 1. The lowest BCUT2D eigenvalue weighted by molar-refractivity contribution is -0.130. The second-order valence-corrected chi connectivity index (χ2v) is 11.0. The van der Waals surface area contributed by atoms with Crippen LogP contribution in [0.1, 0.15) is 122 Å². The fourth-order valence-electron chi connectivity index (χ4n) is 5.34. The molecule has 0 aromatic heterocycles. The highest BCUT2D eigenvalue weighted by molar-refractivity contribution is 5.82. The molecule has 1 amide bonds. The molecule has 0 radical (unpaired) electrons. The van der Waals surface area contributed by atoms with Crippen molar-refractivity contribution in [2.24, 2.45) is 11.7 Å². The van der Waals surface area contributed by atoms with Gasteiger partial charge in [0, 0.05) is 12.6 Å². The maximum atomic E-state index is 12.9. The number of nitrogens with one attached hydrogen (secondary N) is 1. The molecule has 37 heavy (non-hydrogen) atoms. The number of benzene rings is 1. The molecule has 1 unspecified atom stereocenters. The largest absolute Gasteiger partial charge is 0.382 e. The summed E-state index contributed by atoms with van der Waals surface area (Å²) in [5.74, 6) is 0.135. The number of para-hydroxylation sites is 1. The van der Waals surface area contributed by atoms with Gasteiger partial charge in [0.2, 0.25) is 0 Å². The predicted octanol–water partition coefficient (Wildman–Crippen LogP) is 7.44. The van der Waals surface area contributed by atoms with Crippen molar-refractivity contribution in [1.29, 1.82) is 0 Å². The van der Waals surface area contributed by atoms with E-state index in [-0.39, 0.29) is 0 Å². The number of unbranched alkanes of at least 4 members (excludes halogenated alkanes) is 10. The molecule has 5 heteroatoms. The number of anilines is 1. The summed E-state index contributed by atoms with van der Waals surface area (Å²) in [5.41, 5.74) is 10.2. The third-order valence-electron chi connectivity index (χ3n) is 7.71. The molecule has 2 rings (SSSR count). The summed E-state index contributed by atoms with van der Waals surface area (Å²) in [5, 5.41) is 12.5. The molecular weight excluding hydrogens is 458 g/mol. The molecule has 0 spiro atoms. The highest BCUT2D eigenvalue weighted by atomic mass is 16.3. The third kappa shape index (κ3) is 14.0. The Bertz CT molecular complexity index is 718. The Morgan fingerprint density at radius 3 is 2.19 bits per heavy atom. The number of nitrogens with two attached hydrogens (primary N) is 1. The van der Waals surface area contributed by atoms with Gasteiger partial charge in [-0.25, -0.2) is 0 Å². The molecule has 1 saturated carbocycles. The molecule has 1 aliphatic rings. The van der Waals surface area contributed by atoms with E-state index in [9.17, 15) is 9.90 Å². The van der Waals surface area contributed by atoms with Crippen LogP contribution in [0.15, 0.2) is 42.5 Å². The first kappa shape index (κ1) is 31.4. The molecule has 1 aliphatic carbocycles. The van der Waals surface area contributed by atoms with E-state index in [1.807, 2.05) is 35.3 Å². The Kier molecular flexibility index (Phi) is 17.1. The molecule has 2 atom stereocenters. The monoisotopic (exact) mass is 513 g/mol. The average Bonchev–Trinajstić information content (AvgIpc) is 2.93. The van der Waals surface area contributed by atoms with Crippen LogP contribution >= 0.6 is 0 Å². The van der Waals surface area contributed by atoms with Crippen LogP contribution in [0.25, 0.3) is 0 Å². The summed E-state index contributed by atoms with van der Waals surface area (Å²) < 4.78 is 0. The van der Waals surface area contributed by atoms with Crippen LogP contribution in [0.5, 0.6) is 0 Å². The Hall–Kier alpha value is -1.85. The van der Waals surface area contributed by atoms with Gasteiger partial charge in [-0.05, 0) is 50.2 Å². The highest BCUT2D eigenvalue weighted by Crippen LogP contribution is 2.27. The minimum atomic E-state index is -1.18. The predicted molar refractivity (Wildman–Crippen MR) is 157 cm³/mol. The number of hydrogen-bond acceptors (Lipinski definition) is 4. The Morgan fingerprint density at radius 1 is 0.946 bits per heavy atom. The molecule has 0 heterocycles. The number of allylic oxidation sites excluding steroid dienone is 2. The van der Waals surface area contributed by atoms with Gasteiger partial charge in [0.25, 0.3) is 5.91 Å². The lowest BCUT2D eigenvalue weighted by atomic mass is 9.84. The summed E-state index contributed by atoms with van der Waals surface area (Å²) in [6, 6.07) is 9.39. The summed E-state index contributed by atoms with van der Waals surface area (Å²) in [6.45, 7) is 2.97. The van der Waals surface area contributed by atoms with Crippen LogP contribution in [-0.2, 0) is 4.79 Å². The van der Waals surface area contributed by atoms with Gasteiger partial charge in [-0.3, -0.25) is 15.2 Å². The zero-order valence-electron chi connectivity index (χ0n) is 23.6. The van der Waals surface area contributed by atoms with Gasteiger partial charge in [-0.15, -0.1) is 0 Å². The van der Waals surface area contributed by atoms with Gasteiger partial charge in [-0.2, -0.15) is 0 Å². The second kappa shape index (κ2) is 20.2. The first-order valence-electron chi connectivity index (χ1n) is 15.3. The zero-order chi connectivity index (χ0) is 26.6. The molecule has 4 N–H and O–H groups in total. The minimum Gasteiger partial charge on any atom is -0.382 e. The summed E-state index contributed by atoms with van der Waals surface area (Å²) >= 11 is 0. The average molecular weight is 514 g/mol. The van der Waals surface area contributed by atoms with E-state index in [1.54, 1.807) is 0 Å².